The molecule has 0 spiro atoms. The molecule has 7 nitrogen and oxygen atoms in total. The predicted molar refractivity (Wildman–Crippen MR) is 98.8 cm³/mol. The molecular formula is C17H24N2O5S2. The van der Waals surface area contributed by atoms with E-state index in [1.807, 2.05) is 0 Å². The van der Waals surface area contributed by atoms with Crippen LogP contribution in [0.2, 0.25) is 0 Å². The molecule has 5 atom stereocenters. The lowest BCUT2D eigenvalue weighted by molar-refractivity contribution is -0.137. The monoisotopic (exact) mass is 400 g/mol. The molecule has 1 N–H and O–H groups in total. The van der Waals surface area contributed by atoms with Crippen LogP contribution < -0.4 is 0 Å². The molecule has 144 valence electrons. The molecule has 2 bridgehead atoms. The minimum Gasteiger partial charge on any atom is -0.481 e. The van der Waals surface area contributed by atoms with Gasteiger partial charge in [0.05, 0.1) is 17.5 Å². The lowest BCUT2D eigenvalue weighted by Gasteiger charge is -2.36. The van der Waals surface area contributed by atoms with Crippen molar-refractivity contribution < 1.29 is 23.1 Å². The normalized spacial score (nSPS) is 38.8. The lowest BCUT2D eigenvalue weighted by atomic mass is 9.93. The van der Waals surface area contributed by atoms with Crippen LogP contribution in [-0.4, -0.2) is 64.3 Å². The van der Waals surface area contributed by atoms with Crippen molar-refractivity contribution in [2.45, 2.75) is 62.3 Å². The van der Waals surface area contributed by atoms with Gasteiger partial charge in [-0.05, 0) is 37.5 Å². The van der Waals surface area contributed by atoms with E-state index in [0.29, 0.717) is 17.1 Å². The number of aliphatic imine (C=N–C) groups is 1. The van der Waals surface area contributed by atoms with Crippen LogP contribution in [0.5, 0.6) is 0 Å². The van der Waals surface area contributed by atoms with Crippen molar-refractivity contribution in [3.63, 3.8) is 0 Å². The molecule has 1 amide bonds. The first-order chi connectivity index (χ1) is 12.3. The summed E-state index contributed by atoms with van der Waals surface area (Å²) in [5.41, 5.74) is 0. The van der Waals surface area contributed by atoms with Gasteiger partial charge in [0, 0.05) is 24.1 Å². The maximum absolute atomic E-state index is 12.2. The van der Waals surface area contributed by atoms with Crippen molar-refractivity contribution in [2.24, 2.45) is 16.8 Å². The third kappa shape index (κ3) is 3.52. The molecule has 9 heteroatoms. The van der Waals surface area contributed by atoms with Crippen LogP contribution in [-0.2, 0) is 19.4 Å². The second-order valence-electron chi connectivity index (χ2n) is 7.99. The predicted octanol–water partition coefficient (Wildman–Crippen LogP) is 1.53. The van der Waals surface area contributed by atoms with E-state index >= 15 is 0 Å². The number of carbonyl (C=O) groups excluding carboxylic acids is 1. The summed E-state index contributed by atoms with van der Waals surface area (Å²) in [6.07, 6.45) is 5.08. The molecule has 2 heterocycles. The van der Waals surface area contributed by atoms with Gasteiger partial charge in [-0.3, -0.25) is 9.59 Å². The molecule has 0 aromatic carbocycles. The largest absolute Gasteiger partial charge is 0.481 e. The van der Waals surface area contributed by atoms with Crippen LogP contribution >= 0.6 is 11.8 Å². The number of carboxylic acid groups (broad SMARTS) is 1. The standard InChI is InChI=1S/C17H24N2O5S2/c20-15(2-1-3-16(21)22)18-17-19(12-7-10-4-5-11(12)6-10)13-8-26(23,24)9-14(13)25-17/h10-14H,1-9H2,(H,21,22)/t10-,11-,12-,13+,14+/m0/s1. The average Bonchev–Trinajstić information content (AvgIpc) is 3.26. The molecule has 2 aliphatic heterocycles. The summed E-state index contributed by atoms with van der Waals surface area (Å²) < 4.78 is 24.2. The quantitative estimate of drug-likeness (QED) is 0.746. The minimum atomic E-state index is -3.02. The Kier molecular flexibility index (Phi) is 4.79. The van der Waals surface area contributed by atoms with Gasteiger partial charge in [-0.15, -0.1) is 0 Å². The van der Waals surface area contributed by atoms with Crippen molar-refractivity contribution in [3.8, 4) is 0 Å². The van der Waals surface area contributed by atoms with Crippen LogP contribution in [0.3, 0.4) is 0 Å². The van der Waals surface area contributed by atoms with Gasteiger partial charge in [-0.25, -0.2) is 8.42 Å². The fourth-order valence-electron chi connectivity index (χ4n) is 5.08. The number of carboxylic acids is 1. The van der Waals surface area contributed by atoms with Crippen molar-refractivity contribution in [1.29, 1.82) is 0 Å². The molecular weight excluding hydrogens is 376 g/mol. The second-order valence-corrected chi connectivity index (χ2v) is 11.3. The SMILES string of the molecule is O=C(O)CCCC(=O)N=C1S[C@@H]2CS(=O)(=O)C[C@H]2N1[C@H]1C[C@H]2CC[C@H]1C2. The molecule has 2 aliphatic carbocycles. The number of sulfone groups is 1. The zero-order valence-corrected chi connectivity index (χ0v) is 16.2. The number of hydrogen-bond donors (Lipinski definition) is 1. The summed E-state index contributed by atoms with van der Waals surface area (Å²) in [6.45, 7) is 0. The Hall–Kier alpha value is -1.09. The lowest BCUT2D eigenvalue weighted by Crippen LogP contribution is -2.47. The van der Waals surface area contributed by atoms with E-state index < -0.39 is 15.8 Å². The molecule has 0 aromatic rings. The number of nitrogens with zero attached hydrogens (tertiary/aromatic N) is 2. The van der Waals surface area contributed by atoms with Crippen molar-refractivity contribution in [3.05, 3.63) is 0 Å². The van der Waals surface area contributed by atoms with Gasteiger partial charge in [0.1, 0.15) is 0 Å². The van der Waals surface area contributed by atoms with Crippen LogP contribution in [0.4, 0.5) is 0 Å². The summed E-state index contributed by atoms with van der Waals surface area (Å²) in [5.74, 6) is 0.403. The fourth-order valence-corrected chi connectivity index (χ4v) is 9.07. The Labute approximate surface area is 157 Å². The number of amidine groups is 1. The van der Waals surface area contributed by atoms with Crippen molar-refractivity contribution >= 4 is 38.6 Å². The molecule has 2 saturated heterocycles. The zero-order chi connectivity index (χ0) is 18.5. The molecule has 0 unspecified atom stereocenters. The van der Waals surface area contributed by atoms with Gasteiger partial charge < -0.3 is 10.0 Å². The Bertz CT molecular complexity index is 750. The van der Waals surface area contributed by atoms with Crippen LogP contribution in [0.25, 0.3) is 0 Å². The molecule has 4 rings (SSSR count). The smallest absolute Gasteiger partial charge is 0.303 e. The van der Waals surface area contributed by atoms with E-state index in [-0.39, 0.29) is 48.0 Å². The summed E-state index contributed by atoms with van der Waals surface area (Å²) in [5, 5.41) is 9.33. The Balaban J connectivity index is 1.52. The first-order valence-corrected chi connectivity index (χ1v) is 12.0. The Morgan fingerprint density at radius 3 is 2.62 bits per heavy atom. The van der Waals surface area contributed by atoms with E-state index in [1.54, 1.807) is 0 Å². The third-order valence-electron chi connectivity index (χ3n) is 6.17. The van der Waals surface area contributed by atoms with Crippen molar-refractivity contribution in [2.75, 3.05) is 11.5 Å². The summed E-state index contributed by atoms with van der Waals surface area (Å²) >= 11 is 1.43. The summed E-state index contributed by atoms with van der Waals surface area (Å²) in [4.78, 5) is 29.3. The number of aliphatic carboxylic acids is 1. The maximum atomic E-state index is 12.2. The van der Waals surface area contributed by atoms with Crippen molar-refractivity contribution in [1.82, 2.24) is 4.90 Å². The van der Waals surface area contributed by atoms with E-state index in [1.165, 1.54) is 31.0 Å². The van der Waals surface area contributed by atoms with Crippen LogP contribution in [0.15, 0.2) is 4.99 Å². The second kappa shape index (κ2) is 6.82. The highest BCUT2D eigenvalue weighted by atomic mass is 32.2. The molecule has 4 fully saturated rings. The maximum Gasteiger partial charge on any atom is 0.303 e. The van der Waals surface area contributed by atoms with E-state index in [2.05, 4.69) is 9.89 Å². The fraction of sp³-hybridized carbons (Fsp3) is 0.824. The number of amides is 1. The number of rotatable bonds is 5. The Morgan fingerprint density at radius 2 is 1.96 bits per heavy atom. The van der Waals surface area contributed by atoms with Gasteiger partial charge in [0.25, 0.3) is 0 Å². The summed E-state index contributed by atoms with van der Waals surface area (Å²) in [7, 11) is -3.02. The van der Waals surface area contributed by atoms with Gasteiger partial charge >= 0.3 is 5.97 Å². The highest BCUT2D eigenvalue weighted by Crippen LogP contribution is 2.51. The number of hydrogen-bond acceptors (Lipinski definition) is 5. The van der Waals surface area contributed by atoms with Crippen LogP contribution in [0, 0.1) is 11.8 Å². The van der Waals surface area contributed by atoms with E-state index in [4.69, 9.17) is 5.11 Å². The molecule has 0 radical (unpaired) electrons. The Morgan fingerprint density at radius 1 is 1.15 bits per heavy atom. The third-order valence-corrected chi connectivity index (χ3v) is 9.39. The zero-order valence-electron chi connectivity index (χ0n) is 14.5. The van der Waals surface area contributed by atoms with Gasteiger partial charge in [-0.1, -0.05) is 18.2 Å². The highest BCUT2D eigenvalue weighted by Gasteiger charge is 2.54. The summed E-state index contributed by atoms with van der Waals surface area (Å²) in [6, 6.07) is 0.232. The van der Waals surface area contributed by atoms with E-state index in [9.17, 15) is 18.0 Å². The first-order valence-electron chi connectivity index (χ1n) is 9.31. The van der Waals surface area contributed by atoms with E-state index in [0.717, 1.165) is 12.3 Å². The number of fused-ring (bicyclic) bond motifs is 3. The van der Waals surface area contributed by atoms with Gasteiger partial charge in [0.2, 0.25) is 5.91 Å². The molecule has 2 saturated carbocycles. The first kappa shape index (κ1) is 18.3. The number of thioether (sulfide) groups is 1. The van der Waals surface area contributed by atoms with Gasteiger partial charge in [-0.2, -0.15) is 4.99 Å². The average molecular weight is 401 g/mol. The van der Waals surface area contributed by atoms with Crippen LogP contribution in [0.1, 0.15) is 44.9 Å². The number of carbonyl (C=O) groups is 2. The topological polar surface area (TPSA) is 104 Å². The van der Waals surface area contributed by atoms with Gasteiger partial charge in [0.15, 0.2) is 15.0 Å². The molecule has 0 aromatic heterocycles. The molecule has 4 aliphatic rings. The highest BCUT2D eigenvalue weighted by molar-refractivity contribution is 8.15. The minimum absolute atomic E-state index is 0.0373. The molecule has 26 heavy (non-hydrogen) atoms.